The van der Waals surface area contributed by atoms with Crippen molar-refractivity contribution < 1.29 is 4.79 Å². The second-order valence-electron chi connectivity index (χ2n) is 6.65. The Labute approximate surface area is 144 Å². The molecule has 1 heterocycles. The molecule has 1 atom stereocenters. The Morgan fingerprint density at radius 1 is 1.00 bits per heavy atom. The van der Waals surface area contributed by atoms with Crippen molar-refractivity contribution >= 4 is 5.78 Å². The fraction of sp³-hybridized carbons (Fsp3) is 0.381. The molecular weight excluding hydrogens is 296 g/mol. The fourth-order valence-electron chi connectivity index (χ4n) is 3.45. The van der Waals surface area contributed by atoms with Gasteiger partial charge in [-0.3, -0.25) is 4.79 Å². The van der Waals surface area contributed by atoms with Gasteiger partial charge in [0.15, 0.2) is 5.78 Å². The number of benzene rings is 2. The summed E-state index contributed by atoms with van der Waals surface area (Å²) < 4.78 is 0. The molecule has 1 aliphatic rings. The molecule has 3 heteroatoms. The van der Waals surface area contributed by atoms with Gasteiger partial charge in [-0.2, -0.15) is 0 Å². The molecule has 3 nitrogen and oxygen atoms in total. The number of likely N-dealkylation sites (tertiary alicyclic amines) is 1. The van der Waals surface area contributed by atoms with Crippen molar-refractivity contribution in [2.45, 2.75) is 25.3 Å². The van der Waals surface area contributed by atoms with Gasteiger partial charge >= 0.3 is 0 Å². The first-order valence-corrected chi connectivity index (χ1v) is 8.86. The molecule has 1 aliphatic heterocycles. The van der Waals surface area contributed by atoms with E-state index in [1.807, 2.05) is 48.5 Å². The molecule has 3 rings (SSSR count). The maximum atomic E-state index is 12.5. The molecule has 1 unspecified atom stereocenters. The zero-order valence-electron chi connectivity index (χ0n) is 14.1. The highest BCUT2D eigenvalue weighted by molar-refractivity contribution is 5.97. The van der Waals surface area contributed by atoms with Crippen molar-refractivity contribution in [1.82, 2.24) is 4.90 Å². The summed E-state index contributed by atoms with van der Waals surface area (Å²) >= 11 is 0. The van der Waals surface area contributed by atoms with Crippen molar-refractivity contribution in [3.63, 3.8) is 0 Å². The maximum Gasteiger partial charge on any atom is 0.166 e. The minimum absolute atomic E-state index is 0.0925. The predicted molar refractivity (Wildman–Crippen MR) is 97.9 cm³/mol. The number of hydrogen-bond donors (Lipinski definition) is 1. The summed E-state index contributed by atoms with van der Waals surface area (Å²) in [6, 6.07) is 20.0. The largest absolute Gasteiger partial charge is 0.324 e. The van der Waals surface area contributed by atoms with Gasteiger partial charge in [-0.05, 0) is 44.5 Å². The number of piperidine rings is 1. The Balaban J connectivity index is 1.45. The topological polar surface area (TPSA) is 46.3 Å². The highest BCUT2D eigenvalue weighted by atomic mass is 16.1. The van der Waals surface area contributed by atoms with Gasteiger partial charge in [-0.1, -0.05) is 60.7 Å². The van der Waals surface area contributed by atoms with Crippen LogP contribution in [0.15, 0.2) is 60.7 Å². The molecule has 2 N–H and O–H groups in total. The third-order valence-electron chi connectivity index (χ3n) is 5.00. The van der Waals surface area contributed by atoms with E-state index < -0.39 is 0 Å². The number of nitrogens with two attached hydrogens (primary N) is 1. The van der Waals surface area contributed by atoms with E-state index in [9.17, 15) is 4.79 Å². The molecule has 1 fully saturated rings. The lowest BCUT2D eigenvalue weighted by molar-refractivity contribution is 0.0838. The molecule has 2 aromatic carbocycles. The van der Waals surface area contributed by atoms with Crippen molar-refractivity contribution in [1.29, 1.82) is 0 Å². The summed E-state index contributed by atoms with van der Waals surface area (Å²) in [6.45, 7) is 2.98. The summed E-state index contributed by atoms with van der Waals surface area (Å²) in [4.78, 5) is 15.0. The first-order chi connectivity index (χ1) is 11.7. The van der Waals surface area contributed by atoms with Crippen molar-refractivity contribution in [2.75, 3.05) is 19.6 Å². The van der Waals surface area contributed by atoms with Crippen LogP contribution < -0.4 is 5.73 Å². The van der Waals surface area contributed by atoms with E-state index >= 15 is 0 Å². The van der Waals surface area contributed by atoms with Gasteiger partial charge in [-0.15, -0.1) is 0 Å². The highest BCUT2D eigenvalue weighted by Gasteiger charge is 2.25. The van der Waals surface area contributed by atoms with Crippen LogP contribution in [-0.2, 0) is 0 Å². The summed E-state index contributed by atoms with van der Waals surface area (Å²) in [7, 11) is 0. The molecule has 2 aromatic rings. The Hall–Kier alpha value is -1.97. The SMILES string of the molecule is NC(CCN1CCC(C(=O)c2ccccc2)CC1)c1ccccc1. The van der Waals surface area contributed by atoms with Crippen LogP contribution >= 0.6 is 0 Å². The normalized spacial score (nSPS) is 17.5. The fourth-order valence-corrected chi connectivity index (χ4v) is 3.45. The predicted octanol–water partition coefficient (Wildman–Crippen LogP) is 3.67. The number of ketones is 1. The standard InChI is InChI=1S/C21H26N2O/c22-20(17-7-3-1-4-8-17)13-16-23-14-11-19(12-15-23)21(24)18-9-5-2-6-10-18/h1-10,19-20H,11-16,22H2. The Kier molecular flexibility index (Phi) is 5.78. The van der Waals surface area contributed by atoms with Crippen LogP contribution in [0.4, 0.5) is 0 Å². The van der Waals surface area contributed by atoms with Gasteiger partial charge in [0, 0.05) is 17.5 Å². The minimum atomic E-state index is 0.0925. The summed E-state index contributed by atoms with van der Waals surface area (Å²) in [6.07, 6.45) is 2.86. The van der Waals surface area contributed by atoms with Gasteiger partial charge in [0.1, 0.15) is 0 Å². The zero-order chi connectivity index (χ0) is 16.8. The van der Waals surface area contributed by atoms with E-state index in [0.717, 1.165) is 44.5 Å². The van der Waals surface area contributed by atoms with Crippen LogP contribution in [0.1, 0.15) is 41.2 Å². The van der Waals surface area contributed by atoms with Crippen LogP contribution in [0.25, 0.3) is 0 Å². The van der Waals surface area contributed by atoms with Gasteiger partial charge < -0.3 is 10.6 Å². The van der Waals surface area contributed by atoms with Gasteiger partial charge in [0.05, 0.1) is 0 Å². The average molecular weight is 322 g/mol. The van der Waals surface area contributed by atoms with Crippen LogP contribution in [0.3, 0.4) is 0 Å². The summed E-state index contributed by atoms with van der Waals surface area (Å²) in [5.41, 5.74) is 8.33. The quantitative estimate of drug-likeness (QED) is 0.825. The third-order valence-corrected chi connectivity index (χ3v) is 5.00. The summed E-state index contributed by atoms with van der Waals surface area (Å²) in [5.74, 6) is 0.475. The molecule has 0 spiro atoms. The van der Waals surface area contributed by atoms with Gasteiger partial charge in [0.2, 0.25) is 0 Å². The molecule has 24 heavy (non-hydrogen) atoms. The monoisotopic (exact) mass is 322 g/mol. The smallest absolute Gasteiger partial charge is 0.166 e. The van der Waals surface area contributed by atoms with Crippen molar-refractivity contribution in [3.8, 4) is 0 Å². The van der Waals surface area contributed by atoms with Gasteiger partial charge in [-0.25, -0.2) is 0 Å². The number of Topliss-reactive ketones (excluding diaryl/α,β-unsaturated/α-hetero) is 1. The van der Waals surface area contributed by atoms with E-state index in [0.29, 0.717) is 5.78 Å². The molecule has 0 bridgehead atoms. The van der Waals surface area contributed by atoms with E-state index in [-0.39, 0.29) is 12.0 Å². The van der Waals surface area contributed by atoms with Crippen LogP contribution in [0.5, 0.6) is 0 Å². The Morgan fingerprint density at radius 2 is 1.58 bits per heavy atom. The number of nitrogens with zero attached hydrogens (tertiary/aromatic N) is 1. The van der Waals surface area contributed by atoms with E-state index in [2.05, 4.69) is 17.0 Å². The zero-order valence-corrected chi connectivity index (χ0v) is 14.1. The highest BCUT2D eigenvalue weighted by Crippen LogP contribution is 2.23. The first-order valence-electron chi connectivity index (χ1n) is 8.86. The molecule has 0 saturated carbocycles. The molecule has 0 radical (unpaired) electrons. The van der Waals surface area contributed by atoms with Crippen molar-refractivity contribution in [3.05, 3.63) is 71.8 Å². The lowest BCUT2D eigenvalue weighted by Crippen LogP contribution is -2.37. The van der Waals surface area contributed by atoms with E-state index in [1.165, 1.54) is 5.56 Å². The molecule has 0 aliphatic carbocycles. The first kappa shape index (κ1) is 16.9. The number of rotatable bonds is 6. The van der Waals surface area contributed by atoms with Crippen LogP contribution in [0, 0.1) is 5.92 Å². The number of hydrogen-bond acceptors (Lipinski definition) is 3. The number of carbonyl (C=O) groups is 1. The van der Waals surface area contributed by atoms with Crippen LogP contribution in [0.2, 0.25) is 0 Å². The number of carbonyl (C=O) groups excluding carboxylic acids is 1. The van der Waals surface area contributed by atoms with Crippen LogP contribution in [-0.4, -0.2) is 30.3 Å². The van der Waals surface area contributed by atoms with Crippen molar-refractivity contribution in [2.24, 2.45) is 11.7 Å². The molecule has 126 valence electrons. The Morgan fingerprint density at radius 3 is 2.21 bits per heavy atom. The second-order valence-corrected chi connectivity index (χ2v) is 6.65. The Bertz CT molecular complexity index is 633. The van der Waals surface area contributed by atoms with E-state index in [4.69, 9.17) is 5.73 Å². The second kappa shape index (κ2) is 8.22. The minimum Gasteiger partial charge on any atom is -0.324 e. The lowest BCUT2D eigenvalue weighted by Gasteiger charge is -2.32. The molecule has 0 amide bonds. The lowest BCUT2D eigenvalue weighted by atomic mass is 9.89. The third kappa shape index (κ3) is 4.31. The van der Waals surface area contributed by atoms with Gasteiger partial charge in [0.25, 0.3) is 0 Å². The van der Waals surface area contributed by atoms with E-state index in [1.54, 1.807) is 0 Å². The molecule has 1 saturated heterocycles. The molecule has 0 aromatic heterocycles. The summed E-state index contributed by atoms with van der Waals surface area (Å²) in [5, 5.41) is 0. The average Bonchev–Trinajstić information content (AvgIpc) is 2.67. The molecular formula is C21H26N2O. The maximum absolute atomic E-state index is 12.5.